The smallest absolute Gasteiger partial charge is 0.362 e. The number of rotatable bonds is 3. The van der Waals surface area contributed by atoms with Gasteiger partial charge in [0.1, 0.15) is 5.82 Å². The van der Waals surface area contributed by atoms with Crippen molar-refractivity contribution < 1.29 is 22.4 Å². The van der Waals surface area contributed by atoms with Crippen molar-refractivity contribution in [3.63, 3.8) is 0 Å². The third kappa shape index (κ3) is 3.92. The predicted octanol–water partition coefficient (Wildman–Crippen LogP) is 4.24. The van der Waals surface area contributed by atoms with Gasteiger partial charge in [-0.1, -0.05) is 12.1 Å². The molecular weight excluding hydrogens is 336 g/mol. The maximum atomic E-state index is 13.3. The highest BCUT2D eigenvalue weighted by atomic mass is 19.4. The summed E-state index contributed by atoms with van der Waals surface area (Å²) in [4.78, 5) is 14.0. The Morgan fingerprint density at radius 3 is 2.68 bits per heavy atom. The zero-order valence-corrected chi connectivity index (χ0v) is 13.2. The molecule has 1 heterocycles. The van der Waals surface area contributed by atoms with Crippen molar-refractivity contribution in [3.05, 3.63) is 59.4 Å². The summed E-state index contributed by atoms with van der Waals surface area (Å²) in [5.41, 5.74) is 0.391. The highest BCUT2D eigenvalue weighted by molar-refractivity contribution is 5.95. The molecule has 0 spiro atoms. The fourth-order valence-electron chi connectivity index (χ4n) is 3.01. The van der Waals surface area contributed by atoms with Crippen molar-refractivity contribution in [2.75, 3.05) is 23.3 Å². The van der Waals surface area contributed by atoms with Crippen LogP contribution in [0.5, 0.6) is 0 Å². The molecule has 1 amide bonds. The van der Waals surface area contributed by atoms with Gasteiger partial charge in [0, 0.05) is 12.2 Å². The summed E-state index contributed by atoms with van der Waals surface area (Å²) in [6.07, 6.45) is -3.08. The number of benzene rings is 2. The van der Waals surface area contributed by atoms with Crippen LogP contribution in [0, 0.1) is 5.82 Å². The van der Waals surface area contributed by atoms with Gasteiger partial charge in [0.25, 0.3) is 0 Å². The molecule has 3 nitrogen and oxygen atoms in total. The minimum Gasteiger partial charge on any atom is -0.362 e. The zero-order chi connectivity index (χ0) is 18.0. The second-order valence-electron chi connectivity index (χ2n) is 5.89. The van der Waals surface area contributed by atoms with Crippen LogP contribution in [-0.4, -0.2) is 19.0 Å². The van der Waals surface area contributed by atoms with E-state index in [1.807, 2.05) is 0 Å². The minimum absolute atomic E-state index is 0.0924. The fraction of sp³-hybridized carbons (Fsp3) is 0.278. The van der Waals surface area contributed by atoms with Crippen LogP contribution in [0.3, 0.4) is 0 Å². The summed E-state index contributed by atoms with van der Waals surface area (Å²) in [5, 5.41) is 2.33. The molecule has 0 fully saturated rings. The molecule has 0 saturated heterocycles. The summed E-state index contributed by atoms with van der Waals surface area (Å²) in [6, 6.07) is 9.19. The lowest BCUT2D eigenvalue weighted by Gasteiger charge is -2.30. The van der Waals surface area contributed by atoms with E-state index in [0.29, 0.717) is 13.0 Å². The second-order valence-corrected chi connectivity index (χ2v) is 5.89. The van der Waals surface area contributed by atoms with E-state index in [-0.39, 0.29) is 18.0 Å². The minimum atomic E-state index is -4.54. The first-order valence-corrected chi connectivity index (χ1v) is 7.84. The molecule has 25 heavy (non-hydrogen) atoms. The average Bonchev–Trinajstić information content (AvgIpc) is 2.54. The standard InChI is InChI=1S/C18H16F4N2O/c19-13-7-8-16-12(10-13)4-3-9-24(16)11-17(25)23-15-6-2-1-5-14(15)18(20,21)22/h1-2,5-8,10H,3-4,9,11H2,(H,23,25). The average molecular weight is 352 g/mol. The van der Waals surface area contributed by atoms with Crippen LogP contribution in [0.15, 0.2) is 42.5 Å². The second kappa shape index (κ2) is 6.74. The highest BCUT2D eigenvalue weighted by Crippen LogP contribution is 2.34. The molecule has 0 bridgehead atoms. The summed E-state index contributed by atoms with van der Waals surface area (Å²) in [6.45, 7) is 0.498. The molecule has 1 aliphatic heterocycles. The van der Waals surface area contributed by atoms with Crippen molar-refractivity contribution in [2.24, 2.45) is 0 Å². The molecule has 0 unspecified atom stereocenters. The number of hydrogen-bond donors (Lipinski definition) is 1. The first-order chi connectivity index (χ1) is 11.8. The molecule has 0 radical (unpaired) electrons. The van der Waals surface area contributed by atoms with Gasteiger partial charge in [0.15, 0.2) is 0 Å². The lowest BCUT2D eigenvalue weighted by molar-refractivity contribution is -0.137. The van der Waals surface area contributed by atoms with Crippen LogP contribution < -0.4 is 10.2 Å². The molecule has 132 valence electrons. The van der Waals surface area contributed by atoms with Gasteiger partial charge in [-0.05, 0) is 48.7 Å². The van der Waals surface area contributed by atoms with E-state index < -0.39 is 17.6 Å². The van der Waals surface area contributed by atoms with Crippen LogP contribution in [-0.2, 0) is 17.4 Å². The molecule has 0 atom stereocenters. The number of halogens is 4. The van der Waals surface area contributed by atoms with Gasteiger partial charge in [-0.3, -0.25) is 4.79 Å². The SMILES string of the molecule is O=C(CN1CCCc2cc(F)ccc21)Nc1ccccc1C(F)(F)F. The normalized spacial score (nSPS) is 14.2. The Morgan fingerprint density at radius 2 is 1.92 bits per heavy atom. The van der Waals surface area contributed by atoms with E-state index >= 15 is 0 Å². The number of alkyl halides is 3. The molecule has 0 aromatic heterocycles. The third-order valence-corrected chi connectivity index (χ3v) is 4.10. The van der Waals surface area contributed by atoms with Gasteiger partial charge in [0.2, 0.25) is 5.91 Å². The molecule has 0 saturated carbocycles. The van der Waals surface area contributed by atoms with Crippen molar-refractivity contribution in [1.29, 1.82) is 0 Å². The van der Waals surface area contributed by atoms with Crippen LogP contribution in [0.1, 0.15) is 17.5 Å². The van der Waals surface area contributed by atoms with Gasteiger partial charge in [-0.15, -0.1) is 0 Å². The largest absolute Gasteiger partial charge is 0.418 e. The molecule has 1 aliphatic rings. The van der Waals surface area contributed by atoms with E-state index in [1.165, 1.54) is 30.3 Å². The molecular formula is C18H16F4N2O. The van der Waals surface area contributed by atoms with Gasteiger partial charge in [-0.2, -0.15) is 13.2 Å². The number of para-hydroxylation sites is 1. The molecule has 2 aromatic carbocycles. The summed E-state index contributed by atoms with van der Waals surface area (Å²) >= 11 is 0. The monoisotopic (exact) mass is 352 g/mol. The Morgan fingerprint density at radius 1 is 1.16 bits per heavy atom. The lowest BCUT2D eigenvalue weighted by Crippen LogP contribution is -2.37. The van der Waals surface area contributed by atoms with Gasteiger partial charge >= 0.3 is 6.18 Å². The van der Waals surface area contributed by atoms with Gasteiger partial charge < -0.3 is 10.2 Å². The Hall–Kier alpha value is -2.57. The molecule has 0 aliphatic carbocycles. The summed E-state index contributed by atoms with van der Waals surface area (Å²) in [5.74, 6) is -0.891. The first-order valence-electron chi connectivity index (χ1n) is 7.84. The van der Waals surface area contributed by atoms with E-state index in [1.54, 1.807) is 11.0 Å². The van der Waals surface area contributed by atoms with Crippen LogP contribution >= 0.6 is 0 Å². The summed E-state index contributed by atoms with van der Waals surface area (Å²) in [7, 11) is 0. The number of nitrogens with one attached hydrogen (secondary N) is 1. The molecule has 2 aromatic rings. The Labute approximate surface area is 142 Å². The maximum absolute atomic E-state index is 13.3. The summed E-state index contributed by atoms with van der Waals surface area (Å²) < 4.78 is 52.3. The van der Waals surface area contributed by atoms with E-state index in [9.17, 15) is 22.4 Å². The fourth-order valence-corrected chi connectivity index (χ4v) is 3.01. The van der Waals surface area contributed by atoms with Crippen LogP contribution in [0.4, 0.5) is 28.9 Å². The molecule has 7 heteroatoms. The topological polar surface area (TPSA) is 32.3 Å². The number of aryl methyl sites for hydroxylation is 1. The molecule has 3 rings (SSSR count). The van der Waals surface area contributed by atoms with Crippen molar-refractivity contribution >= 4 is 17.3 Å². The zero-order valence-electron chi connectivity index (χ0n) is 13.2. The van der Waals surface area contributed by atoms with Gasteiger partial charge in [0.05, 0.1) is 17.8 Å². The number of fused-ring (bicyclic) bond motifs is 1. The van der Waals surface area contributed by atoms with E-state index in [2.05, 4.69) is 5.32 Å². The molecule has 1 N–H and O–H groups in total. The third-order valence-electron chi connectivity index (χ3n) is 4.10. The number of amides is 1. The van der Waals surface area contributed by atoms with E-state index in [0.717, 1.165) is 23.7 Å². The lowest BCUT2D eigenvalue weighted by atomic mass is 10.0. The van der Waals surface area contributed by atoms with Crippen LogP contribution in [0.2, 0.25) is 0 Å². The predicted molar refractivity (Wildman–Crippen MR) is 87.0 cm³/mol. The van der Waals surface area contributed by atoms with Crippen LogP contribution in [0.25, 0.3) is 0 Å². The first kappa shape index (κ1) is 17.3. The Balaban J connectivity index is 1.75. The quantitative estimate of drug-likeness (QED) is 0.838. The van der Waals surface area contributed by atoms with Crippen molar-refractivity contribution in [2.45, 2.75) is 19.0 Å². The highest BCUT2D eigenvalue weighted by Gasteiger charge is 2.33. The number of hydrogen-bond acceptors (Lipinski definition) is 2. The Bertz CT molecular complexity index is 789. The Kier molecular flexibility index (Phi) is 4.65. The van der Waals surface area contributed by atoms with Crippen molar-refractivity contribution in [3.8, 4) is 0 Å². The van der Waals surface area contributed by atoms with Crippen molar-refractivity contribution in [1.82, 2.24) is 0 Å². The number of anilines is 2. The number of carbonyl (C=O) groups is 1. The van der Waals surface area contributed by atoms with Gasteiger partial charge in [-0.25, -0.2) is 4.39 Å². The maximum Gasteiger partial charge on any atom is 0.418 e. The number of nitrogens with zero attached hydrogens (tertiary/aromatic N) is 1. The van der Waals surface area contributed by atoms with E-state index in [4.69, 9.17) is 0 Å². The number of carbonyl (C=O) groups excluding carboxylic acids is 1.